The summed E-state index contributed by atoms with van der Waals surface area (Å²) < 4.78 is 1.82. The molecule has 3 rings (SSSR count). The lowest BCUT2D eigenvalue weighted by atomic mass is 10.1. The van der Waals surface area contributed by atoms with Crippen LogP contribution in [-0.4, -0.2) is 42.1 Å². The molecule has 0 fully saturated rings. The summed E-state index contributed by atoms with van der Waals surface area (Å²) in [4.78, 5) is 8.68. The molecule has 3 aromatic heterocycles. The van der Waals surface area contributed by atoms with Gasteiger partial charge < -0.3 is 5.32 Å². The van der Waals surface area contributed by atoms with Gasteiger partial charge in [0, 0.05) is 30.1 Å². The molecule has 0 aromatic carbocycles. The average Bonchev–Trinajstić information content (AvgIpc) is 3.13. The van der Waals surface area contributed by atoms with Gasteiger partial charge in [0.25, 0.3) is 0 Å². The van der Waals surface area contributed by atoms with Gasteiger partial charge in [0.05, 0.1) is 6.20 Å². The number of nitrogens with zero attached hydrogens (tertiary/aromatic N) is 5. The fourth-order valence-corrected chi connectivity index (χ4v) is 2.58. The Morgan fingerprint density at radius 3 is 3.10 bits per heavy atom. The summed E-state index contributed by atoms with van der Waals surface area (Å²) in [7, 11) is 0. The first-order valence-electron chi connectivity index (χ1n) is 6.81. The molecule has 21 heavy (non-hydrogen) atoms. The van der Waals surface area contributed by atoms with Gasteiger partial charge in [-0.05, 0) is 5.92 Å². The van der Waals surface area contributed by atoms with Crippen LogP contribution in [0, 0.1) is 0 Å². The van der Waals surface area contributed by atoms with E-state index >= 15 is 0 Å². The third-order valence-corrected chi connectivity index (χ3v) is 3.89. The van der Waals surface area contributed by atoms with Crippen molar-refractivity contribution in [3.05, 3.63) is 30.4 Å². The van der Waals surface area contributed by atoms with E-state index in [0.717, 1.165) is 34.6 Å². The van der Waals surface area contributed by atoms with Crippen molar-refractivity contribution in [3.63, 3.8) is 0 Å². The van der Waals surface area contributed by atoms with Gasteiger partial charge in [0.2, 0.25) is 0 Å². The van der Waals surface area contributed by atoms with Crippen molar-refractivity contribution in [3.8, 4) is 0 Å². The van der Waals surface area contributed by atoms with Crippen molar-refractivity contribution >= 4 is 23.2 Å². The maximum Gasteiger partial charge on any atom is 0.183 e. The van der Waals surface area contributed by atoms with Crippen molar-refractivity contribution in [2.24, 2.45) is 0 Å². The number of H-pyrrole nitrogens is 1. The Kier molecular flexibility index (Phi) is 4.05. The fraction of sp³-hybridized carbons (Fsp3) is 0.385. The van der Waals surface area contributed by atoms with Crippen LogP contribution < -0.4 is 5.32 Å². The van der Waals surface area contributed by atoms with E-state index in [2.05, 4.69) is 50.5 Å². The summed E-state index contributed by atoms with van der Waals surface area (Å²) in [6.45, 7) is 5.08. The van der Waals surface area contributed by atoms with E-state index in [1.54, 1.807) is 18.0 Å². The van der Waals surface area contributed by atoms with Crippen LogP contribution in [0.2, 0.25) is 0 Å². The van der Waals surface area contributed by atoms with Crippen LogP contribution >= 0.6 is 11.8 Å². The molecule has 0 aliphatic rings. The smallest absolute Gasteiger partial charge is 0.183 e. The second-order valence-electron chi connectivity index (χ2n) is 4.89. The molecular weight excluding hydrogens is 286 g/mol. The molecule has 2 N–H and O–H groups in total. The number of fused-ring (bicyclic) bond motifs is 1. The normalized spacial score (nSPS) is 11.4. The molecule has 3 heterocycles. The summed E-state index contributed by atoms with van der Waals surface area (Å²) in [5.74, 6) is 2.23. The van der Waals surface area contributed by atoms with Gasteiger partial charge in [0.1, 0.15) is 12.1 Å². The van der Waals surface area contributed by atoms with Crippen LogP contribution in [0.4, 0.5) is 5.82 Å². The second-order valence-corrected chi connectivity index (χ2v) is 5.97. The van der Waals surface area contributed by atoms with Crippen molar-refractivity contribution < 1.29 is 0 Å². The quantitative estimate of drug-likeness (QED) is 0.536. The molecule has 8 heteroatoms. The number of hydrogen-bond acceptors (Lipinski definition) is 6. The third kappa shape index (κ3) is 3.15. The lowest BCUT2D eigenvalue weighted by Crippen LogP contribution is -2.10. The number of rotatable bonds is 6. The number of nitrogens with one attached hydrogen (secondary N) is 2. The van der Waals surface area contributed by atoms with E-state index in [-0.39, 0.29) is 0 Å². The van der Waals surface area contributed by atoms with E-state index in [9.17, 15) is 0 Å². The molecule has 0 aliphatic heterocycles. The largest absolute Gasteiger partial charge is 0.369 e. The Morgan fingerprint density at radius 2 is 2.33 bits per heavy atom. The molecule has 0 saturated heterocycles. The third-order valence-electron chi connectivity index (χ3n) is 3.01. The fourth-order valence-electron chi connectivity index (χ4n) is 1.94. The summed E-state index contributed by atoms with van der Waals surface area (Å²) in [6.07, 6.45) is 3.28. The maximum absolute atomic E-state index is 4.60. The molecule has 0 radical (unpaired) electrons. The number of hydrogen-bond donors (Lipinski definition) is 2. The highest BCUT2D eigenvalue weighted by atomic mass is 32.2. The first-order valence-corrected chi connectivity index (χ1v) is 7.79. The van der Waals surface area contributed by atoms with Crippen molar-refractivity contribution in [1.29, 1.82) is 0 Å². The summed E-state index contributed by atoms with van der Waals surface area (Å²) in [5, 5.41) is 15.2. The highest BCUT2D eigenvalue weighted by Gasteiger charge is 2.08. The van der Waals surface area contributed by atoms with Gasteiger partial charge >= 0.3 is 0 Å². The second kappa shape index (κ2) is 6.13. The molecule has 0 unspecified atom stereocenters. The molecule has 0 saturated carbocycles. The number of aromatic nitrogens is 6. The molecule has 3 aromatic rings. The maximum atomic E-state index is 4.60. The summed E-state index contributed by atoms with van der Waals surface area (Å²) in [6, 6.07) is 3.98. The zero-order valence-corrected chi connectivity index (χ0v) is 12.8. The monoisotopic (exact) mass is 303 g/mol. The Labute approximate surface area is 126 Å². The van der Waals surface area contributed by atoms with Gasteiger partial charge in [-0.15, -0.1) is 0 Å². The van der Waals surface area contributed by atoms with Crippen LogP contribution in [0.5, 0.6) is 0 Å². The lowest BCUT2D eigenvalue weighted by molar-refractivity contribution is 0.809. The Bertz CT molecular complexity index is 704. The van der Waals surface area contributed by atoms with Gasteiger partial charge in [-0.3, -0.25) is 5.10 Å². The van der Waals surface area contributed by atoms with Crippen LogP contribution in [0.25, 0.3) is 5.65 Å². The minimum absolute atomic E-state index is 0.383. The van der Waals surface area contributed by atoms with E-state index < -0.39 is 0 Å². The van der Waals surface area contributed by atoms with E-state index in [1.807, 2.05) is 10.6 Å². The molecule has 0 spiro atoms. The van der Waals surface area contributed by atoms with Crippen molar-refractivity contribution in [2.75, 3.05) is 17.6 Å². The first-order chi connectivity index (χ1) is 10.2. The van der Waals surface area contributed by atoms with E-state index in [0.29, 0.717) is 5.92 Å². The highest BCUT2D eigenvalue weighted by Crippen LogP contribution is 2.19. The summed E-state index contributed by atoms with van der Waals surface area (Å²) in [5.41, 5.74) is 1.93. The summed E-state index contributed by atoms with van der Waals surface area (Å²) >= 11 is 1.63. The zero-order chi connectivity index (χ0) is 14.7. The molecular formula is C13H17N7S. The average molecular weight is 303 g/mol. The minimum Gasteiger partial charge on any atom is -0.369 e. The van der Waals surface area contributed by atoms with Gasteiger partial charge in [0.15, 0.2) is 10.8 Å². The topological polar surface area (TPSA) is 83.8 Å². The van der Waals surface area contributed by atoms with Gasteiger partial charge in [-0.2, -0.15) is 14.7 Å². The van der Waals surface area contributed by atoms with Crippen LogP contribution in [0.15, 0.2) is 29.8 Å². The predicted molar refractivity (Wildman–Crippen MR) is 82.7 cm³/mol. The molecule has 7 nitrogen and oxygen atoms in total. The standard InChI is InChI=1S/C13H17N7S/c1-9(2)10-7-12(20-11(18-10)3-4-17-20)14-5-6-21-13-15-8-16-19-13/h3-4,7-9,14H,5-6H2,1-2H3,(H,15,16,19). The van der Waals surface area contributed by atoms with Gasteiger partial charge in [-0.25, -0.2) is 9.97 Å². The van der Waals surface area contributed by atoms with E-state index in [1.165, 1.54) is 6.33 Å². The molecule has 0 amide bonds. The number of anilines is 1. The molecule has 0 bridgehead atoms. The van der Waals surface area contributed by atoms with Crippen LogP contribution in [0.3, 0.4) is 0 Å². The van der Waals surface area contributed by atoms with Crippen LogP contribution in [-0.2, 0) is 0 Å². The molecule has 110 valence electrons. The Hall–Kier alpha value is -2.09. The van der Waals surface area contributed by atoms with E-state index in [4.69, 9.17) is 0 Å². The van der Waals surface area contributed by atoms with Crippen LogP contribution in [0.1, 0.15) is 25.5 Å². The van der Waals surface area contributed by atoms with Gasteiger partial charge in [-0.1, -0.05) is 25.6 Å². The van der Waals surface area contributed by atoms with Crippen molar-refractivity contribution in [1.82, 2.24) is 29.8 Å². The lowest BCUT2D eigenvalue weighted by Gasteiger charge is -2.11. The zero-order valence-electron chi connectivity index (χ0n) is 11.9. The molecule has 0 aliphatic carbocycles. The Balaban J connectivity index is 1.69. The predicted octanol–water partition coefficient (Wildman–Crippen LogP) is 2.17. The number of thioether (sulfide) groups is 1. The first kappa shape index (κ1) is 13.9. The number of aromatic amines is 1. The van der Waals surface area contributed by atoms with Crippen molar-refractivity contribution in [2.45, 2.75) is 24.9 Å². The minimum atomic E-state index is 0.383. The SMILES string of the molecule is CC(C)c1cc(NCCSc2ncn[nH]2)n2nccc2n1. The molecule has 0 atom stereocenters. The Morgan fingerprint density at radius 1 is 1.43 bits per heavy atom. The highest BCUT2D eigenvalue weighted by molar-refractivity contribution is 7.99.